The number of carbonyl (C=O) groups excluding carboxylic acids is 1. The fraction of sp³-hybridized carbons (Fsp3) is 0.417. The Morgan fingerprint density at radius 2 is 2.40 bits per heavy atom. The summed E-state index contributed by atoms with van der Waals surface area (Å²) in [5.74, 6) is -0.225. The van der Waals surface area contributed by atoms with Gasteiger partial charge in [0.15, 0.2) is 5.16 Å². The first-order chi connectivity index (χ1) is 9.67. The molecule has 0 radical (unpaired) electrons. The second-order valence-electron chi connectivity index (χ2n) is 3.97. The number of aromatic nitrogens is 2. The van der Waals surface area contributed by atoms with E-state index in [4.69, 9.17) is 4.74 Å². The number of amides is 1. The summed E-state index contributed by atoms with van der Waals surface area (Å²) in [7, 11) is 1.57. The first-order valence-electron chi connectivity index (χ1n) is 5.95. The lowest BCUT2D eigenvalue weighted by Gasteiger charge is -2.10. The van der Waals surface area contributed by atoms with Gasteiger partial charge in [0.1, 0.15) is 11.2 Å². The van der Waals surface area contributed by atoms with E-state index in [-0.39, 0.29) is 18.0 Å². The average molecular weight is 313 g/mol. The summed E-state index contributed by atoms with van der Waals surface area (Å²) in [5.41, 5.74) is 0.511. The van der Waals surface area contributed by atoms with Crippen LogP contribution in [0.4, 0.5) is 0 Å². The van der Waals surface area contributed by atoms with Crippen LogP contribution < -0.4 is 10.9 Å². The van der Waals surface area contributed by atoms with Crippen molar-refractivity contribution in [2.45, 2.75) is 11.7 Å². The van der Waals surface area contributed by atoms with Gasteiger partial charge in [-0.2, -0.15) is 0 Å². The lowest BCUT2D eigenvalue weighted by Crippen LogP contribution is -2.34. The molecule has 2 aromatic rings. The van der Waals surface area contributed by atoms with E-state index in [0.29, 0.717) is 28.5 Å². The molecule has 0 saturated carbocycles. The third kappa shape index (κ3) is 3.20. The number of thioether (sulfide) groups is 1. The predicted octanol–water partition coefficient (Wildman–Crippen LogP) is 0.942. The van der Waals surface area contributed by atoms with Crippen LogP contribution in [0.1, 0.15) is 0 Å². The van der Waals surface area contributed by atoms with E-state index in [9.17, 15) is 9.59 Å². The minimum absolute atomic E-state index is 0.0282. The van der Waals surface area contributed by atoms with Gasteiger partial charge < -0.3 is 10.1 Å². The molecule has 1 amide bonds. The lowest BCUT2D eigenvalue weighted by atomic mass is 10.4. The summed E-state index contributed by atoms with van der Waals surface area (Å²) in [6.07, 6.45) is 1.83. The number of fused-ring (bicyclic) bond motifs is 1. The molecule has 20 heavy (non-hydrogen) atoms. The van der Waals surface area contributed by atoms with Crippen LogP contribution in [-0.4, -0.2) is 42.0 Å². The van der Waals surface area contributed by atoms with E-state index < -0.39 is 0 Å². The molecular formula is C12H15N3O3S2. The molecule has 0 aliphatic rings. The zero-order valence-electron chi connectivity index (χ0n) is 11.2. The van der Waals surface area contributed by atoms with Gasteiger partial charge in [0.05, 0.1) is 12.1 Å². The molecule has 2 rings (SSSR count). The summed E-state index contributed by atoms with van der Waals surface area (Å²) in [6, 6.07) is 1.81. The van der Waals surface area contributed by atoms with Gasteiger partial charge in [-0.05, 0) is 17.7 Å². The second-order valence-corrected chi connectivity index (χ2v) is 5.66. The number of ether oxygens (including phenoxy) is 1. The van der Waals surface area contributed by atoms with Gasteiger partial charge in [-0.25, -0.2) is 4.98 Å². The van der Waals surface area contributed by atoms with Crippen LogP contribution in [0.2, 0.25) is 0 Å². The average Bonchev–Trinajstić information content (AvgIpc) is 2.90. The van der Waals surface area contributed by atoms with Gasteiger partial charge in [-0.1, -0.05) is 11.8 Å². The van der Waals surface area contributed by atoms with E-state index in [2.05, 4.69) is 10.3 Å². The predicted molar refractivity (Wildman–Crippen MR) is 80.5 cm³/mol. The number of nitrogens with zero attached hydrogens (tertiary/aromatic N) is 2. The minimum Gasteiger partial charge on any atom is -0.383 e. The van der Waals surface area contributed by atoms with Crippen molar-refractivity contribution in [3.8, 4) is 0 Å². The third-order valence-corrected chi connectivity index (χ3v) is 4.21. The number of carbonyl (C=O) groups is 1. The van der Waals surface area contributed by atoms with Crippen molar-refractivity contribution in [3.05, 3.63) is 21.8 Å². The van der Waals surface area contributed by atoms with Crippen LogP contribution in [-0.2, 0) is 16.1 Å². The van der Waals surface area contributed by atoms with E-state index in [1.54, 1.807) is 7.11 Å². The summed E-state index contributed by atoms with van der Waals surface area (Å²) in [4.78, 5) is 28.6. The Morgan fingerprint density at radius 1 is 1.60 bits per heavy atom. The standard InChI is InChI=1S/C12H15N3O3S2/c1-18-5-4-13-9(16)7-15-11(17)10-8(3-6-20-10)14-12(15)19-2/h3,6H,4-5,7H2,1-2H3,(H,13,16). The van der Waals surface area contributed by atoms with Crippen LogP contribution in [0.3, 0.4) is 0 Å². The van der Waals surface area contributed by atoms with E-state index in [1.165, 1.54) is 27.7 Å². The molecule has 8 heteroatoms. The van der Waals surface area contributed by atoms with Crippen LogP contribution >= 0.6 is 23.1 Å². The number of rotatable bonds is 6. The molecule has 0 aromatic carbocycles. The molecule has 0 fully saturated rings. The third-order valence-electron chi connectivity index (χ3n) is 2.64. The fourth-order valence-electron chi connectivity index (χ4n) is 1.71. The molecule has 0 saturated heterocycles. The van der Waals surface area contributed by atoms with Crippen molar-refractivity contribution in [3.63, 3.8) is 0 Å². The molecule has 108 valence electrons. The summed E-state index contributed by atoms with van der Waals surface area (Å²) >= 11 is 2.69. The van der Waals surface area contributed by atoms with Crippen LogP contribution in [0.25, 0.3) is 10.2 Å². The number of hydrogen-bond acceptors (Lipinski definition) is 6. The Labute approximate surface area is 124 Å². The molecule has 0 spiro atoms. The SMILES string of the molecule is COCCNC(=O)Cn1c(SC)nc2ccsc2c1=O. The highest BCUT2D eigenvalue weighted by atomic mass is 32.2. The molecule has 6 nitrogen and oxygen atoms in total. The molecule has 0 bridgehead atoms. The van der Waals surface area contributed by atoms with Gasteiger partial charge in [0.2, 0.25) is 5.91 Å². The quantitative estimate of drug-likeness (QED) is 0.488. The monoisotopic (exact) mass is 313 g/mol. The highest BCUT2D eigenvalue weighted by Gasteiger charge is 2.14. The molecule has 2 aromatic heterocycles. The first-order valence-corrected chi connectivity index (χ1v) is 8.05. The lowest BCUT2D eigenvalue weighted by molar-refractivity contribution is -0.122. The highest BCUT2D eigenvalue weighted by molar-refractivity contribution is 7.98. The maximum absolute atomic E-state index is 12.4. The maximum atomic E-state index is 12.4. The van der Waals surface area contributed by atoms with Crippen molar-refractivity contribution in [1.82, 2.24) is 14.9 Å². The molecule has 0 aliphatic heterocycles. The molecule has 0 aliphatic carbocycles. The van der Waals surface area contributed by atoms with E-state index in [0.717, 1.165) is 0 Å². The largest absolute Gasteiger partial charge is 0.383 e. The fourth-order valence-corrected chi connectivity index (χ4v) is 3.05. The molecule has 0 unspecified atom stereocenters. The smallest absolute Gasteiger partial charge is 0.272 e. The Kier molecular flexibility index (Phi) is 5.16. The van der Waals surface area contributed by atoms with Crippen molar-refractivity contribution >= 4 is 39.2 Å². The van der Waals surface area contributed by atoms with Gasteiger partial charge >= 0.3 is 0 Å². The van der Waals surface area contributed by atoms with Gasteiger partial charge in [-0.3, -0.25) is 14.2 Å². The van der Waals surface area contributed by atoms with E-state index >= 15 is 0 Å². The molecule has 2 heterocycles. The summed E-state index contributed by atoms with van der Waals surface area (Å²) in [5, 5.41) is 5.07. The Hall–Kier alpha value is -1.38. The number of methoxy groups -OCH3 is 1. The summed E-state index contributed by atoms with van der Waals surface area (Å²) < 4.78 is 6.85. The van der Waals surface area contributed by atoms with Crippen molar-refractivity contribution < 1.29 is 9.53 Å². The van der Waals surface area contributed by atoms with Crippen LogP contribution in [0.5, 0.6) is 0 Å². The highest BCUT2D eigenvalue weighted by Crippen LogP contribution is 2.18. The summed E-state index contributed by atoms with van der Waals surface area (Å²) in [6.45, 7) is 0.838. The topological polar surface area (TPSA) is 73.2 Å². The van der Waals surface area contributed by atoms with E-state index in [1.807, 2.05) is 17.7 Å². The number of thiophene rings is 1. The van der Waals surface area contributed by atoms with Gasteiger partial charge in [0, 0.05) is 13.7 Å². The second kappa shape index (κ2) is 6.87. The minimum atomic E-state index is -0.225. The maximum Gasteiger partial charge on any atom is 0.272 e. The normalized spacial score (nSPS) is 10.9. The molecule has 1 N–H and O–H groups in total. The van der Waals surface area contributed by atoms with Crippen molar-refractivity contribution in [2.75, 3.05) is 26.5 Å². The zero-order chi connectivity index (χ0) is 14.5. The molecule has 0 atom stereocenters. The first kappa shape index (κ1) is 15.0. The molecular weight excluding hydrogens is 298 g/mol. The van der Waals surface area contributed by atoms with Crippen molar-refractivity contribution in [2.24, 2.45) is 0 Å². The van der Waals surface area contributed by atoms with Crippen LogP contribution in [0.15, 0.2) is 21.4 Å². The Balaban J connectivity index is 2.26. The van der Waals surface area contributed by atoms with Crippen molar-refractivity contribution in [1.29, 1.82) is 0 Å². The Morgan fingerprint density at radius 3 is 3.10 bits per heavy atom. The van der Waals surface area contributed by atoms with Crippen LogP contribution in [0, 0.1) is 0 Å². The zero-order valence-corrected chi connectivity index (χ0v) is 12.8. The van der Waals surface area contributed by atoms with Gasteiger partial charge in [-0.15, -0.1) is 11.3 Å². The Bertz CT molecular complexity index is 666. The number of nitrogens with one attached hydrogen (secondary N) is 1. The van der Waals surface area contributed by atoms with Gasteiger partial charge in [0.25, 0.3) is 5.56 Å². The number of hydrogen-bond donors (Lipinski definition) is 1.